The van der Waals surface area contributed by atoms with Crippen molar-refractivity contribution in [2.24, 2.45) is 0 Å². The quantitative estimate of drug-likeness (QED) is 0.849. The molecule has 3 rings (SSSR count). The molecular formula is C10H9ClN4O3S. The smallest absolute Gasteiger partial charge is 0.296 e. The number of nitrogens with one attached hydrogen (secondary N) is 1. The topological polar surface area (TPSA) is 97.7 Å². The van der Waals surface area contributed by atoms with Crippen LogP contribution >= 0.6 is 10.7 Å². The van der Waals surface area contributed by atoms with E-state index in [4.69, 9.17) is 10.7 Å². The van der Waals surface area contributed by atoms with Crippen molar-refractivity contribution in [3.8, 4) is 11.5 Å². The van der Waals surface area contributed by atoms with Crippen molar-refractivity contribution in [3.05, 3.63) is 28.6 Å². The van der Waals surface area contributed by atoms with E-state index in [0.29, 0.717) is 11.5 Å². The molecule has 7 nitrogen and oxygen atoms in total. The SMILES string of the molecule is O=c1cccc(-c2nnc(S(=O)(=O)Cl)n2C2CC2)[nH]1. The molecule has 1 N–H and O–H groups in total. The van der Waals surface area contributed by atoms with Crippen molar-refractivity contribution in [2.75, 3.05) is 0 Å². The Morgan fingerprint density at radius 2 is 2.05 bits per heavy atom. The summed E-state index contributed by atoms with van der Waals surface area (Å²) >= 11 is 0. The standard InChI is InChI=1S/C10H9ClN4O3S/c11-19(17,18)10-14-13-9(15(10)6-4-5-6)7-2-1-3-8(16)12-7/h1-3,6H,4-5H2,(H,12,16). The Hall–Kier alpha value is -1.67. The molecule has 1 saturated carbocycles. The molecule has 0 saturated heterocycles. The monoisotopic (exact) mass is 300 g/mol. The first-order valence-corrected chi connectivity index (χ1v) is 7.87. The van der Waals surface area contributed by atoms with E-state index < -0.39 is 9.05 Å². The molecule has 1 fully saturated rings. The Bertz CT molecular complexity index is 791. The first-order chi connectivity index (χ1) is 8.97. The van der Waals surface area contributed by atoms with Gasteiger partial charge in [-0.05, 0) is 18.9 Å². The second-order valence-electron chi connectivity index (χ2n) is 4.27. The van der Waals surface area contributed by atoms with E-state index in [1.54, 1.807) is 12.1 Å². The summed E-state index contributed by atoms with van der Waals surface area (Å²) in [7, 11) is 1.38. The number of H-pyrrole nitrogens is 1. The normalized spacial score (nSPS) is 15.6. The lowest BCUT2D eigenvalue weighted by Gasteiger charge is -2.06. The molecule has 0 amide bonds. The largest absolute Gasteiger partial charge is 0.319 e. The van der Waals surface area contributed by atoms with Gasteiger partial charge in [0.15, 0.2) is 5.82 Å². The molecule has 19 heavy (non-hydrogen) atoms. The summed E-state index contributed by atoms with van der Waals surface area (Å²) in [4.78, 5) is 13.9. The highest BCUT2D eigenvalue weighted by molar-refractivity contribution is 8.13. The molecule has 9 heteroatoms. The number of aromatic amines is 1. The maximum absolute atomic E-state index is 11.5. The van der Waals surface area contributed by atoms with Gasteiger partial charge >= 0.3 is 0 Å². The zero-order chi connectivity index (χ0) is 13.6. The predicted molar refractivity (Wildman–Crippen MR) is 67.4 cm³/mol. The van der Waals surface area contributed by atoms with Crippen LogP contribution in [-0.4, -0.2) is 28.2 Å². The second-order valence-corrected chi connectivity index (χ2v) is 6.73. The van der Waals surface area contributed by atoms with Gasteiger partial charge in [0.1, 0.15) is 0 Å². The first-order valence-electron chi connectivity index (χ1n) is 5.56. The van der Waals surface area contributed by atoms with Gasteiger partial charge in [-0.2, -0.15) is 0 Å². The third-order valence-electron chi connectivity index (χ3n) is 2.80. The van der Waals surface area contributed by atoms with Crippen molar-refractivity contribution < 1.29 is 8.42 Å². The minimum absolute atomic E-state index is 0.0113. The Labute approximate surface area is 112 Å². The zero-order valence-corrected chi connectivity index (χ0v) is 11.1. The zero-order valence-electron chi connectivity index (χ0n) is 9.58. The van der Waals surface area contributed by atoms with Gasteiger partial charge in [-0.25, -0.2) is 8.42 Å². The summed E-state index contributed by atoms with van der Waals surface area (Å²) in [6, 6.07) is 4.57. The van der Waals surface area contributed by atoms with Crippen molar-refractivity contribution in [2.45, 2.75) is 24.0 Å². The summed E-state index contributed by atoms with van der Waals surface area (Å²) < 4.78 is 24.4. The molecule has 1 aliphatic carbocycles. The highest BCUT2D eigenvalue weighted by Crippen LogP contribution is 2.39. The van der Waals surface area contributed by atoms with E-state index in [1.807, 2.05) is 0 Å². The molecule has 100 valence electrons. The van der Waals surface area contributed by atoms with Crippen LogP contribution in [0, 0.1) is 0 Å². The van der Waals surface area contributed by atoms with Gasteiger partial charge in [0.25, 0.3) is 14.2 Å². The van der Waals surface area contributed by atoms with Crippen molar-refractivity contribution in [3.63, 3.8) is 0 Å². The molecule has 2 aromatic heterocycles. The fourth-order valence-electron chi connectivity index (χ4n) is 1.87. The van der Waals surface area contributed by atoms with Gasteiger partial charge in [0, 0.05) is 22.8 Å². The number of aromatic nitrogens is 4. The lowest BCUT2D eigenvalue weighted by atomic mass is 10.3. The molecular weight excluding hydrogens is 292 g/mol. The summed E-state index contributed by atoms with van der Waals surface area (Å²) in [5.74, 6) is 0.305. The number of hydrogen-bond donors (Lipinski definition) is 1. The number of halogens is 1. The summed E-state index contributed by atoms with van der Waals surface area (Å²) in [6.45, 7) is 0. The van der Waals surface area contributed by atoms with E-state index in [2.05, 4.69) is 15.2 Å². The summed E-state index contributed by atoms with van der Waals surface area (Å²) in [5.41, 5.74) is 0.122. The summed E-state index contributed by atoms with van der Waals surface area (Å²) in [6.07, 6.45) is 1.67. The van der Waals surface area contributed by atoms with Gasteiger partial charge in [-0.1, -0.05) is 6.07 Å². The molecule has 0 radical (unpaired) electrons. The average molecular weight is 301 g/mol. The van der Waals surface area contributed by atoms with E-state index in [1.165, 1.54) is 10.6 Å². The Balaban J connectivity index is 2.23. The molecule has 0 bridgehead atoms. The van der Waals surface area contributed by atoms with Crippen LogP contribution in [0.25, 0.3) is 11.5 Å². The van der Waals surface area contributed by atoms with Crippen molar-refractivity contribution in [1.29, 1.82) is 0 Å². The molecule has 0 atom stereocenters. The average Bonchev–Trinajstić information content (AvgIpc) is 3.06. The molecule has 0 spiro atoms. The van der Waals surface area contributed by atoms with Crippen LogP contribution in [0.1, 0.15) is 18.9 Å². The van der Waals surface area contributed by atoms with Crippen LogP contribution < -0.4 is 5.56 Å². The molecule has 0 unspecified atom stereocenters. The van der Waals surface area contributed by atoms with E-state index >= 15 is 0 Å². The van der Waals surface area contributed by atoms with Crippen molar-refractivity contribution in [1.82, 2.24) is 19.7 Å². The van der Waals surface area contributed by atoms with E-state index in [9.17, 15) is 13.2 Å². The lowest BCUT2D eigenvalue weighted by molar-refractivity contribution is 0.579. The van der Waals surface area contributed by atoms with E-state index in [0.717, 1.165) is 12.8 Å². The highest BCUT2D eigenvalue weighted by atomic mass is 35.7. The van der Waals surface area contributed by atoms with Gasteiger partial charge in [0.2, 0.25) is 5.56 Å². The van der Waals surface area contributed by atoms with E-state index in [-0.39, 0.29) is 16.8 Å². The van der Waals surface area contributed by atoms with Gasteiger partial charge < -0.3 is 4.98 Å². The second kappa shape index (κ2) is 4.17. The molecule has 2 aromatic rings. The maximum Gasteiger partial charge on any atom is 0.296 e. The Kier molecular flexibility index (Phi) is 2.72. The number of nitrogens with zero attached hydrogens (tertiary/aromatic N) is 3. The molecule has 1 aliphatic rings. The van der Waals surface area contributed by atoms with Crippen molar-refractivity contribution >= 4 is 19.7 Å². The number of pyridine rings is 1. The van der Waals surface area contributed by atoms with Crippen LogP contribution in [-0.2, 0) is 9.05 Å². The number of rotatable bonds is 3. The van der Waals surface area contributed by atoms with Crippen LogP contribution in [0.4, 0.5) is 0 Å². The highest BCUT2D eigenvalue weighted by Gasteiger charge is 2.34. The minimum Gasteiger partial charge on any atom is -0.319 e. The first kappa shape index (κ1) is 12.4. The Morgan fingerprint density at radius 3 is 2.63 bits per heavy atom. The van der Waals surface area contributed by atoms with Crippen LogP contribution in [0.2, 0.25) is 0 Å². The van der Waals surface area contributed by atoms with Crippen LogP contribution in [0.5, 0.6) is 0 Å². The fourth-order valence-corrected chi connectivity index (χ4v) is 2.79. The molecule has 0 aliphatic heterocycles. The lowest BCUT2D eigenvalue weighted by Crippen LogP contribution is -2.09. The molecule has 0 aromatic carbocycles. The predicted octanol–water partition coefficient (Wildman–Crippen LogP) is 0.896. The fraction of sp³-hybridized carbons (Fsp3) is 0.300. The van der Waals surface area contributed by atoms with Crippen LogP contribution in [0.15, 0.2) is 28.2 Å². The number of hydrogen-bond acceptors (Lipinski definition) is 5. The maximum atomic E-state index is 11.5. The summed E-state index contributed by atoms with van der Waals surface area (Å²) in [5, 5.41) is 7.18. The third kappa shape index (κ3) is 2.28. The minimum atomic E-state index is -3.97. The molecule has 2 heterocycles. The Morgan fingerprint density at radius 1 is 1.32 bits per heavy atom. The van der Waals surface area contributed by atoms with Crippen LogP contribution in [0.3, 0.4) is 0 Å². The van der Waals surface area contributed by atoms with Gasteiger partial charge in [-0.3, -0.25) is 9.36 Å². The van der Waals surface area contributed by atoms with Gasteiger partial charge in [0.05, 0.1) is 5.69 Å². The van der Waals surface area contributed by atoms with Gasteiger partial charge in [-0.15, -0.1) is 10.2 Å². The third-order valence-corrected chi connectivity index (χ3v) is 3.93.